The zero-order valence-corrected chi connectivity index (χ0v) is 15.3. The van der Waals surface area contributed by atoms with Crippen LogP contribution in [0.1, 0.15) is 49.0 Å². The van der Waals surface area contributed by atoms with Crippen molar-refractivity contribution in [3.63, 3.8) is 0 Å². The van der Waals surface area contributed by atoms with Gasteiger partial charge in [0.05, 0.1) is 11.5 Å². The van der Waals surface area contributed by atoms with E-state index >= 15 is 0 Å². The average Bonchev–Trinajstić information content (AvgIpc) is 2.55. The summed E-state index contributed by atoms with van der Waals surface area (Å²) in [5.74, 6) is -0.377. The van der Waals surface area contributed by atoms with Gasteiger partial charge in [0.15, 0.2) is 0 Å². The van der Waals surface area contributed by atoms with Gasteiger partial charge in [-0.05, 0) is 51.3 Å². The van der Waals surface area contributed by atoms with Gasteiger partial charge in [0.25, 0.3) is 5.91 Å². The molecule has 0 spiro atoms. The van der Waals surface area contributed by atoms with Crippen LogP contribution in [-0.2, 0) is 10.0 Å². The molecule has 2 N–H and O–H groups in total. The van der Waals surface area contributed by atoms with Crippen LogP contribution in [0.25, 0.3) is 0 Å². The molecule has 0 aromatic heterocycles. The molecule has 7 heteroatoms. The van der Waals surface area contributed by atoms with Crippen LogP contribution in [0.2, 0.25) is 0 Å². The van der Waals surface area contributed by atoms with E-state index in [1.54, 1.807) is 26.0 Å². The lowest BCUT2D eigenvalue weighted by Gasteiger charge is -2.32. The molecule has 1 aromatic carbocycles. The summed E-state index contributed by atoms with van der Waals surface area (Å²) in [6, 6.07) is 4.22. The molecule has 0 aliphatic carbocycles. The predicted octanol–water partition coefficient (Wildman–Crippen LogP) is 1.67. The van der Waals surface area contributed by atoms with Gasteiger partial charge in [-0.15, -0.1) is 0 Å². The van der Waals surface area contributed by atoms with Crippen molar-refractivity contribution in [3.8, 4) is 0 Å². The number of benzene rings is 1. The van der Waals surface area contributed by atoms with Crippen LogP contribution < -0.4 is 5.32 Å². The largest absolute Gasteiger partial charge is 0.394 e. The Labute approximate surface area is 143 Å². The van der Waals surface area contributed by atoms with Gasteiger partial charge in [0.1, 0.15) is 0 Å². The normalized spacial score (nSPS) is 20.6. The van der Waals surface area contributed by atoms with Gasteiger partial charge in [0.2, 0.25) is 10.0 Å². The van der Waals surface area contributed by atoms with E-state index in [4.69, 9.17) is 5.11 Å². The fraction of sp³-hybridized carbons (Fsp3) is 0.588. The molecule has 0 unspecified atom stereocenters. The first kappa shape index (κ1) is 18.9. The summed E-state index contributed by atoms with van der Waals surface area (Å²) in [5.41, 5.74) is 1.02. The third-order valence-electron chi connectivity index (χ3n) is 4.45. The van der Waals surface area contributed by atoms with Crippen molar-refractivity contribution in [1.82, 2.24) is 9.62 Å². The Bertz CT molecular complexity index is 703. The number of nitrogens with zero attached hydrogens (tertiary/aromatic N) is 1. The van der Waals surface area contributed by atoms with Crippen LogP contribution in [0.4, 0.5) is 0 Å². The first-order chi connectivity index (χ1) is 11.3. The number of aliphatic hydroxyl groups is 1. The van der Waals surface area contributed by atoms with Crippen molar-refractivity contribution < 1.29 is 18.3 Å². The topological polar surface area (TPSA) is 86.7 Å². The SMILES string of the molecule is Cc1ccc(S(=O)(=O)N2CCCC[C@H]2C)cc1C(=O)N[C@@H](C)CO. The molecule has 1 aliphatic rings. The molecule has 1 aromatic rings. The highest BCUT2D eigenvalue weighted by molar-refractivity contribution is 7.89. The van der Waals surface area contributed by atoms with E-state index in [-0.39, 0.29) is 29.5 Å². The molecule has 2 atom stereocenters. The highest BCUT2D eigenvalue weighted by atomic mass is 32.2. The van der Waals surface area contributed by atoms with Crippen molar-refractivity contribution in [2.75, 3.05) is 13.2 Å². The quantitative estimate of drug-likeness (QED) is 0.842. The van der Waals surface area contributed by atoms with Gasteiger partial charge in [0, 0.05) is 24.2 Å². The van der Waals surface area contributed by atoms with E-state index in [0.717, 1.165) is 19.3 Å². The van der Waals surface area contributed by atoms with Crippen LogP contribution in [0.15, 0.2) is 23.1 Å². The molecule has 0 saturated carbocycles. The monoisotopic (exact) mass is 354 g/mol. The third-order valence-corrected chi connectivity index (χ3v) is 6.46. The highest BCUT2D eigenvalue weighted by Crippen LogP contribution is 2.26. The Morgan fingerprint density at radius 1 is 1.42 bits per heavy atom. The Kier molecular flexibility index (Phi) is 6.01. The fourth-order valence-corrected chi connectivity index (χ4v) is 4.64. The number of aliphatic hydroxyl groups excluding tert-OH is 1. The molecule has 0 radical (unpaired) electrons. The van der Waals surface area contributed by atoms with Crippen molar-refractivity contribution >= 4 is 15.9 Å². The minimum atomic E-state index is -3.61. The second kappa shape index (κ2) is 7.63. The molecule has 1 heterocycles. The maximum Gasteiger partial charge on any atom is 0.251 e. The number of nitrogens with one attached hydrogen (secondary N) is 1. The van der Waals surface area contributed by atoms with Crippen LogP contribution >= 0.6 is 0 Å². The molecule has 1 fully saturated rings. The summed E-state index contributed by atoms with van der Waals surface area (Å²) in [6.07, 6.45) is 2.75. The Morgan fingerprint density at radius 2 is 2.12 bits per heavy atom. The Hall–Kier alpha value is -1.44. The minimum absolute atomic E-state index is 0.0308. The molecule has 24 heavy (non-hydrogen) atoms. The van der Waals surface area contributed by atoms with Gasteiger partial charge in [-0.1, -0.05) is 12.5 Å². The van der Waals surface area contributed by atoms with Crippen LogP contribution in [0.3, 0.4) is 0 Å². The van der Waals surface area contributed by atoms with E-state index in [9.17, 15) is 13.2 Å². The lowest BCUT2D eigenvalue weighted by Crippen LogP contribution is -2.42. The van der Waals surface area contributed by atoms with E-state index < -0.39 is 10.0 Å². The number of piperidine rings is 1. The number of carbonyl (C=O) groups excluding carboxylic acids is 1. The maximum atomic E-state index is 12.9. The lowest BCUT2D eigenvalue weighted by atomic mass is 10.1. The number of hydrogen-bond acceptors (Lipinski definition) is 4. The van der Waals surface area contributed by atoms with E-state index in [1.165, 1.54) is 10.4 Å². The number of sulfonamides is 1. The predicted molar refractivity (Wildman–Crippen MR) is 92.4 cm³/mol. The molecular weight excluding hydrogens is 328 g/mol. The number of rotatable bonds is 5. The summed E-state index contributed by atoms with van der Waals surface area (Å²) in [4.78, 5) is 12.5. The van der Waals surface area contributed by atoms with Crippen molar-refractivity contribution in [3.05, 3.63) is 29.3 Å². The molecule has 1 aliphatic heterocycles. The van der Waals surface area contributed by atoms with Crippen molar-refractivity contribution in [2.24, 2.45) is 0 Å². The molecule has 1 amide bonds. The standard InChI is InChI=1S/C17H26N2O4S/c1-12-7-8-15(10-16(12)17(21)18-13(2)11-20)24(22,23)19-9-5-4-6-14(19)3/h7-8,10,13-14,20H,4-6,9,11H2,1-3H3,(H,18,21)/t13-,14+/m0/s1. The van der Waals surface area contributed by atoms with Gasteiger partial charge >= 0.3 is 0 Å². The number of carbonyl (C=O) groups is 1. The Balaban J connectivity index is 2.34. The van der Waals surface area contributed by atoms with Gasteiger partial charge in [-0.3, -0.25) is 4.79 Å². The van der Waals surface area contributed by atoms with E-state index in [0.29, 0.717) is 17.7 Å². The maximum absolute atomic E-state index is 12.9. The van der Waals surface area contributed by atoms with Crippen molar-refractivity contribution in [1.29, 1.82) is 0 Å². The molecule has 6 nitrogen and oxygen atoms in total. The van der Waals surface area contributed by atoms with Crippen LogP contribution in [0, 0.1) is 6.92 Å². The second-order valence-electron chi connectivity index (χ2n) is 6.49. The molecular formula is C17H26N2O4S. The molecule has 1 saturated heterocycles. The van der Waals surface area contributed by atoms with Crippen LogP contribution in [0.5, 0.6) is 0 Å². The minimum Gasteiger partial charge on any atom is -0.394 e. The lowest BCUT2D eigenvalue weighted by molar-refractivity contribution is 0.0921. The first-order valence-electron chi connectivity index (χ1n) is 8.31. The van der Waals surface area contributed by atoms with E-state index in [2.05, 4.69) is 5.32 Å². The van der Waals surface area contributed by atoms with Crippen molar-refractivity contribution in [2.45, 2.75) is 57.0 Å². The summed E-state index contributed by atoms with van der Waals surface area (Å²) >= 11 is 0. The molecule has 0 bridgehead atoms. The zero-order chi connectivity index (χ0) is 17.9. The second-order valence-corrected chi connectivity index (χ2v) is 8.38. The zero-order valence-electron chi connectivity index (χ0n) is 14.4. The summed E-state index contributed by atoms with van der Waals surface area (Å²) in [5, 5.41) is 11.7. The number of amides is 1. The van der Waals surface area contributed by atoms with Gasteiger partial charge in [-0.2, -0.15) is 4.31 Å². The summed E-state index contributed by atoms with van der Waals surface area (Å²) in [6.45, 7) is 5.71. The Morgan fingerprint density at radius 3 is 2.75 bits per heavy atom. The highest BCUT2D eigenvalue weighted by Gasteiger charge is 2.31. The smallest absolute Gasteiger partial charge is 0.251 e. The number of hydrogen-bond donors (Lipinski definition) is 2. The van der Waals surface area contributed by atoms with E-state index in [1.807, 2.05) is 6.92 Å². The van der Waals surface area contributed by atoms with Gasteiger partial charge in [-0.25, -0.2) is 8.42 Å². The molecule has 134 valence electrons. The summed E-state index contributed by atoms with van der Waals surface area (Å²) in [7, 11) is -3.61. The average molecular weight is 354 g/mol. The van der Waals surface area contributed by atoms with Crippen LogP contribution in [-0.4, -0.2) is 49.0 Å². The molecule has 2 rings (SSSR count). The third kappa shape index (κ3) is 3.96. The first-order valence-corrected chi connectivity index (χ1v) is 9.75. The fourth-order valence-electron chi connectivity index (χ4n) is 2.92. The summed E-state index contributed by atoms with van der Waals surface area (Å²) < 4.78 is 27.4. The number of aryl methyl sites for hydroxylation is 1. The van der Waals surface area contributed by atoms with Gasteiger partial charge < -0.3 is 10.4 Å².